The molecule has 0 heterocycles. The van der Waals surface area contributed by atoms with E-state index in [1.807, 2.05) is 25.1 Å². The summed E-state index contributed by atoms with van der Waals surface area (Å²) in [6, 6.07) is 10.2. The summed E-state index contributed by atoms with van der Waals surface area (Å²) in [7, 11) is 0. The summed E-state index contributed by atoms with van der Waals surface area (Å²) in [4.78, 5) is 10.9. The van der Waals surface area contributed by atoms with Crippen molar-refractivity contribution in [1.82, 2.24) is 0 Å². The van der Waals surface area contributed by atoms with Gasteiger partial charge in [0.2, 0.25) is 5.24 Å². The van der Waals surface area contributed by atoms with E-state index in [-0.39, 0.29) is 11.2 Å². The minimum Gasteiger partial charge on any atom is -0.281 e. The van der Waals surface area contributed by atoms with Crippen LogP contribution < -0.4 is 0 Å². The highest BCUT2D eigenvalue weighted by atomic mass is 35.5. The molecule has 0 radical (unpaired) electrons. The Kier molecular flexibility index (Phi) is 4.15. The summed E-state index contributed by atoms with van der Waals surface area (Å²) in [5.41, 5.74) is 1.26. The van der Waals surface area contributed by atoms with E-state index in [1.165, 1.54) is 5.56 Å². The lowest BCUT2D eigenvalue weighted by molar-refractivity contribution is -0.114. The standard InChI is InChI=1S/C12H15ClO/c1-9(8-10(2)12(13)14)11-6-4-3-5-7-11/h3-7,9-10H,8H2,1-2H3. The molecule has 1 aromatic carbocycles. The zero-order valence-electron chi connectivity index (χ0n) is 8.53. The van der Waals surface area contributed by atoms with Gasteiger partial charge in [-0.25, -0.2) is 0 Å². The largest absolute Gasteiger partial charge is 0.281 e. The van der Waals surface area contributed by atoms with Gasteiger partial charge < -0.3 is 0 Å². The normalized spacial score (nSPS) is 14.8. The molecule has 0 saturated carbocycles. The quantitative estimate of drug-likeness (QED) is 0.695. The highest BCUT2D eigenvalue weighted by Crippen LogP contribution is 2.23. The molecule has 0 spiro atoms. The Bertz CT molecular complexity index is 294. The number of hydrogen-bond donors (Lipinski definition) is 0. The van der Waals surface area contributed by atoms with Crippen LogP contribution in [0.15, 0.2) is 30.3 Å². The van der Waals surface area contributed by atoms with Crippen LogP contribution in [-0.2, 0) is 4.79 Å². The Labute approximate surface area is 90.1 Å². The van der Waals surface area contributed by atoms with Gasteiger partial charge in [0.1, 0.15) is 0 Å². The number of rotatable bonds is 4. The number of halogens is 1. The highest BCUT2D eigenvalue weighted by Gasteiger charge is 2.14. The SMILES string of the molecule is CC(CC(C)c1ccccc1)C(=O)Cl. The maximum atomic E-state index is 10.9. The van der Waals surface area contributed by atoms with Gasteiger partial charge in [-0.3, -0.25) is 4.79 Å². The molecular formula is C12H15ClO. The van der Waals surface area contributed by atoms with Crippen molar-refractivity contribution in [1.29, 1.82) is 0 Å². The fraction of sp³-hybridized carbons (Fsp3) is 0.417. The molecule has 2 atom stereocenters. The molecular weight excluding hydrogens is 196 g/mol. The van der Waals surface area contributed by atoms with Gasteiger partial charge in [0.05, 0.1) is 0 Å². The van der Waals surface area contributed by atoms with Gasteiger partial charge >= 0.3 is 0 Å². The van der Waals surface area contributed by atoms with Crippen LogP contribution in [0.2, 0.25) is 0 Å². The minimum atomic E-state index is -0.243. The summed E-state index contributed by atoms with van der Waals surface area (Å²) in [5.74, 6) is 0.320. The number of benzene rings is 1. The lowest BCUT2D eigenvalue weighted by atomic mass is 9.92. The molecule has 0 aromatic heterocycles. The van der Waals surface area contributed by atoms with E-state index >= 15 is 0 Å². The topological polar surface area (TPSA) is 17.1 Å². The van der Waals surface area contributed by atoms with E-state index < -0.39 is 0 Å². The minimum absolute atomic E-state index is 0.0631. The van der Waals surface area contributed by atoms with E-state index in [4.69, 9.17) is 11.6 Å². The maximum absolute atomic E-state index is 10.9. The first kappa shape index (κ1) is 11.3. The van der Waals surface area contributed by atoms with Crippen LogP contribution in [0.1, 0.15) is 31.7 Å². The van der Waals surface area contributed by atoms with Gasteiger partial charge in [-0.2, -0.15) is 0 Å². The van der Waals surface area contributed by atoms with E-state index in [0.717, 1.165) is 6.42 Å². The van der Waals surface area contributed by atoms with Crippen molar-refractivity contribution in [2.45, 2.75) is 26.2 Å². The number of carbonyl (C=O) groups excluding carboxylic acids is 1. The van der Waals surface area contributed by atoms with E-state index in [1.54, 1.807) is 0 Å². The molecule has 76 valence electrons. The summed E-state index contributed by atoms with van der Waals surface area (Å²) in [6.07, 6.45) is 0.812. The molecule has 0 amide bonds. The van der Waals surface area contributed by atoms with Crippen LogP contribution in [-0.4, -0.2) is 5.24 Å². The van der Waals surface area contributed by atoms with Crippen LogP contribution >= 0.6 is 11.6 Å². The highest BCUT2D eigenvalue weighted by molar-refractivity contribution is 6.63. The molecule has 2 unspecified atom stereocenters. The average molecular weight is 211 g/mol. The summed E-state index contributed by atoms with van der Waals surface area (Å²) < 4.78 is 0. The molecule has 1 rings (SSSR count). The first-order valence-electron chi connectivity index (χ1n) is 4.85. The third kappa shape index (κ3) is 3.15. The third-order valence-corrected chi connectivity index (χ3v) is 2.84. The van der Waals surface area contributed by atoms with Crippen molar-refractivity contribution in [2.24, 2.45) is 5.92 Å². The van der Waals surface area contributed by atoms with Crippen molar-refractivity contribution in [2.75, 3.05) is 0 Å². The first-order chi connectivity index (χ1) is 6.61. The maximum Gasteiger partial charge on any atom is 0.224 e. The van der Waals surface area contributed by atoms with Gasteiger partial charge in [0.25, 0.3) is 0 Å². The monoisotopic (exact) mass is 210 g/mol. The fourth-order valence-corrected chi connectivity index (χ4v) is 1.63. The molecule has 0 bridgehead atoms. The van der Waals surface area contributed by atoms with Gasteiger partial charge in [-0.1, -0.05) is 44.2 Å². The van der Waals surface area contributed by atoms with Crippen LogP contribution in [0.5, 0.6) is 0 Å². The molecule has 0 N–H and O–H groups in total. The predicted octanol–water partition coefficient (Wildman–Crippen LogP) is 3.58. The van der Waals surface area contributed by atoms with Gasteiger partial charge in [-0.05, 0) is 29.5 Å². The van der Waals surface area contributed by atoms with Crippen LogP contribution in [0, 0.1) is 5.92 Å². The third-order valence-electron chi connectivity index (χ3n) is 2.46. The zero-order valence-corrected chi connectivity index (χ0v) is 9.29. The molecule has 0 fully saturated rings. The Morgan fingerprint density at radius 3 is 2.36 bits per heavy atom. The van der Waals surface area contributed by atoms with Crippen LogP contribution in [0.3, 0.4) is 0 Å². The summed E-state index contributed by atoms with van der Waals surface area (Å²) in [6.45, 7) is 3.99. The Hall–Kier alpha value is -0.820. The molecule has 1 nitrogen and oxygen atoms in total. The van der Waals surface area contributed by atoms with Gasteiger partial charge in [0.15, 0.2) is 0 Å². The van der Waals surface area contributed by atoms with Crippen molar-refractivity contribution < 1.29 is 4.79 Å². The molecule has 0 aliphatic rings. The molecule has 0 saturated heterocycles. The second-order valence-electron chi connectivity index (χ2n) is 3.75. The van der Waals surface area contributed by atoms with Crippen LogP contribution in [0.25, 0.3) is 0 Å². The van der Waals surface area contributed by atoms with E-state index in [0.29, 0.717) is 5.92 Å². The second kappa shape index (κ2) is 5.16. The Morgan fingerprint density at radius 2 is 1.86 bits per heavy atom. The molecule has 14 heavy (non-hydrogen) atoms. The zero-order chi connectivity index (χ0) is 10.6. The lowest BCUT2D eigenvalue weighted by Gasteiger charge is -2.14. The van der Waals surface area contributed by atoms with Gasteiger partial charge in [0, 0.05) is 5.92 Å². The number of carbonyl (C=O) groups is 1. The molecule has 0 aliphatic heterocycles. The van der Waals surface area contributed by atoms with Crippen molar-refractivity contribution in [3.8, 4) is 0 Å². The number of hydrogen-bond acceptors (Lipinski definition) is 1. The average Bonchev–Trinajstić information content (AvgIpc) is 2.19. The Morgan fingerprint density at radius 1 is 1.29 bits per heavy atom. The van der Waals surface area contributed by atoms with Crippen molar-refractivity contribution in [3.63, 3.8) is 0 Å². The smallest absolute Gasteiger partial charge is 0.224 e. The molecule has 1 aromatic rings. The second-order valence-corrected chi connectivity index (χ2v) is 4.13. The van der Waals surface area contributed by atoms with Crippen molar-refractivity contribution >= 4 is 16.8 Å². The first-order valence-corrected chi connectivity index (χ1v) is 5.23. The summed E-state index contributed by atoms with van der Waals surface area (Å²) in [5, 5.41) is -0.243. The summed E-state index contributed by atoms with van der Waals surface area (Å²) >= 11 is 5.42. The van der Waals surface area contributed by atoms with E-state index in [9.17, 15) is 4.79 Å². The lowest BCUT2D eigenvalue weighted by Crippen LogP contribution is -2.08. The Balaban J connectivity index is 2.59. The predicted molar refractivity (Wildman–Crippen MR) is 59.5 cm³/mol. The fourth-order valence-electron chi connectivity index (χ4n) is 1.54. The molecule has 2 heteroatoms. The molecule has 0 aliphatic carbocycles. The van der Waals surface area contributed by atoms with Crippen LogP contribution in [0.4, 0.5) is 0 Å². The van der Waals surface area contributed by atoms with Crippen molar-refractivity contribution in [3.05, 3.63) is 35.9 Å². The van der Waals surface area contributed by atoms with E-state index in [2.05, 4.69) is 19.1 Å². The van der Waals surface area contributed by atoms with Gasteiger partial charge in [-0.15, -0.1) is 0 Å².